The highest BCUT2D eigenvalue weighted by Crippen LogP contribution is 2.50. The molecule has 0 spiro atoms. The van der Waals surface area contributed by atoms with Crippen LogP contribution >= 0.6 is 23.5 Å². The third kappa shape index (κ3) is 4.03. The Morgan fingerprint density at radius 2 is 0.857 bits per heavy atom. The monoisotopic (exact) mass is 578 g/mol. The first kappa shape index (κ1) is 23.9. The topological polar surface area (TPSA) is 42.5 Å². The van der Waals surface area contributed by atoms with Crippen LogP contribution in [0.4, 0.5) is 22.7 Å². The first-order valence-electron chi connectivity index (χ1n) is 13.7. The summed E-state index contributed by atoms with van der Waals surface area (Å²) in [5, 5.41) is 7.11. The maximum atomic E-state index is 6.25. The second-order valence-corrected chi connectivity index (χ2v) is 12.6. The minimum atomic E-state index is 0.834. The van der Waals surface area contributed by atoms with Gasteiger partial charge in [-0.15, -0.1) is 0 Å². The maximum absolute atomic E-state index is 6.25. The van der Waals surface area contributed by atoms with Gasteiger partial charge in [-0.1, -0.05) is 72.1 Å². The summed E-state index contributed by atoms with van der Waals surface area (Å²) in [5.74, 6) is 3.49. The number of rotatable bonds is 2. The van der Waals surface area contributed by atoms with E-state index in [1.165, 1.54) is 9.79 Å². The molecule has 200 valence electrons. The lowest BCUT2D eigenvalue weighted by molar-refractivity contribution is 0.455. The number of benzene rings is 6. The molecular formula is C36H22N2O2S2. The molecule has 0 aliphatic carbocycles. The standard InChI is InChI=1S/C36H22N2O2S2/c1-2-6-29-25(5-1)37-26-13-9-21(17-31(26)39-29)23-10-14-27-35(19-23)42-36-20-24(11-15-28(36)38-27)22-12-16-34-32(18-22)40-30-7-3-4-8-33(30)41-34/h1-20,37-38H. The molecule has 4 nitrogen and oxygen atoms in total. The Labute approximate surface area is 251 Å². The smallest absolute Gasteiger partial charge is 0.151 e. The second kappa shape index (κ2) is 9.38. The van der Waals surface area contributed by atoms with Crippen molar-refractivity contribution in [3.05, 3.63) is 121 Å². The van der Waals surface area contributed by atoms with Crippen LogP contribution in [0, 0.1) is 0 Å². The van der Waals surface area contributed by atoms with E-state index < -0.39 is 0 Å². The second-order valence-electron chi connectivity index (χ2n) is 10.4. The first-order chi connectivity index (χ1) is 20.7. The molecule has 0 unspecified atom stereocenters. The number of para-hydroxylation sites is 3. The molecule has 0 saturated carbocycles. The van der Waals surface area contributed by atoms with Gasteiger partial charge in [0.15, 0.2) is 11.5 Å². The van der Waals surface area contributed by atoms with Crippen LogP contribution < -0.4 is 20.1 Å². The van der Waals surface area contributed by atoms with Gasteiger partial charge in [-0.2, -0.15) is 0 Å². The predicted octanol–water partition coefficient (Wildman–Crippen LogP) is 11.3. The number of anilines is 4. The van der Waals surface area contributed by atoms with Crippen LogP contribution in [-0.4, -0.2) is 0 Å². The zero-order valence-corrected chi connectivity index (χ0v) is 23.8. The zero-order chi connectivity index (χ0) is 27.6. The van der Waals surface area contributed by atoms with E-state index in [0.29, 0.717) is 0 Å². The highest BCUT2D eigenvalue weighted by Gasteiger charge is 2.21. The van der Waals surface area contributed by atoms with Crippen molar-refractivity contribution in [1.29, 1.82) is 0 Å². The zero-order valence-electron chi connectivity index (χ0n) is 22.2. The van der Waals surface area contributed by atoms with Gasteiger partial charge in [-0.05, 0) is 95.1 Å². The van der Waals surface area contributed by atoms with Gasteiger partial charge in [0.25, 0.3) is 0 Å². The number of ether oxygens (including phenoxy) is 2. The van der Waals surface area contributed by atoms with Gasteiger partial charge in [-0.25, -0.2) is 0 Å². The Morgan fingerprint density at radius 3 is 1.64 bits per heavy atom. The van der Waals surface area contributed by atoms with Gasteiger partial charge >= 0.3 is 0 Å². The molecule has 9 rings (SSSR count). The lowest BCUT2D eigenvalue weighted by atomic mass is 10.0. The van der Waals surface area contributed by atoms with E-state index in [1.807, 2.05) is 42.5 Å². The minimum Gasteiger partial charge on any atom is -0.455 e. The van der Waals surface area contributed by atoms with Crippen LogP contribution in [0.15, 0.2) is 141 Å². The predicted molar refractivity (Wildman–Crippen MR) is 172 cm³/mol. The molecular weight excluding hydrogens is 557 g/mol. The highest BCUT2D eigenvalue weighted by molar-refractivity contribution is 8.00. The normalized spacial score (nSPS) is 13.3. The van der Waals surface area contributed by atoms with Crippen LogP contribution in [0.5, 0.6) is 23.0 Å². The molecule has 6 aromatic rings. The summed E-state index contributed by atoms with van der Waals surface area (Å²) in [7, 11) is 0. The molecule has 42 heavy (non-hydrogen) atoms. The van der Waals surface area contributed by atoms with Crippen molar-refractivity contribution in [2.75, 3.05) is 10.6 Å². The van der Waals surface area contributed by atoms with Crippen LogP contribution in [0.1, 0.15) is 0 Å². The lowest BCUT2D eigenvalue weighted by Gasteiger charge is -2.24. The summed E-state index contributed by atoms with van der Waals surface area (Å²) in [6, 6.07) is 42.3. The van der Waals surface area contributed by atoms with Crippen LogP contribution in [0.2, 0.25) is 0 Å². The van der Waals surface area contributed by atoms with Gasteiger partial charge in [0.2, 0.25) is 0 Å². The van der Waals surface area contributed by atoms with E-state index in [0.717, 1.165) is 77.8 Å². The SMILES string of the molecule is c1ccc2c(c1)Nc1ccc(-c3ccc4c(c3)Sc3cc(-c5ccc6c(c5)Oc5ccccc5S6)ccc3N4)cc1O2. The Hall–Kier alpha value is -4.78. The van der Waals surface area contributed by atoms with E-state index in [1.54, 1.807) is 23.5 Å². The van der Waals surface area contributed by atoms with Crippen LogP contribution in [0.3, 0.4) is 0 Å². The number of hydrogen-bond donors (Lipinski definition) is 2. The average Bonchev–Trinajstić information content (AvgIpc) is 3.04. The molecule has 0 aromatic heterocycles. The molecule has 0 amide bonds. The lowest BCUT2D eigenvalue weighted by Crippen LogP contribution is -2.02. The van der Waals surface area contributed by atoms with Crippen molar-refractivity contribution < 1.29 is 9.47 Å². The Balaban J connectivity index is 1.00. The molecule has 6 aromatic carbocycles. The third-order valence-electron chi connectivity index (χ3n) is 7.71. The molecule has 0 saturated heterocycles. The van der Waals surface area contributed by atoms with Crippen molar-refractivity contribution >= 4 is 46.3 Å². The summed E-state index contributed by atoms with van der Waals surface area (Å²) in [6.45, 7) is 0. The molecule has 3 aliphatic rings. The Bertz CT molecular complexity index is 1930. The van der Waals surface area contributed by atoms with E-state index in [4.69, 9.17) is 9.47 Å². The highest BCUT2D eigenvalue weighted by atomic mass is 32.2. The van der Waals surface area contributed by atoms with E-state index in [-0.39, 0.29) is 0 Å². The summed E-state index contributed by atoms with van der Waals surface area (Å²) in [5.41, 5.74) is 8.77. The van der Waals surface area contributed by atoms with Gasteiger partial charge in [0.1, 0.15) is 11.5 Å². The summed E-state index contributed by atoms with van der Waals surface area (Å²) >= 11 is 3.55. The number of hydrogen-bond acceptors (Lipinski definition) is 6. The molecule has 3 aliphatic heterocycles. The van der Waals surface area contributed by atoms with Gasteiger partial charge in [0, 0.05) is 9.79 Å². The van der Waals surface area contributed by atoms with Crippen molar-refractivity contribution in [2.24, 2.45) is 0 Å². The fourth-order valence-corrected chi connectivity index (χ4v) is 7.56. The van der Waals surface area contributed by atoms with Gasteiger partial charge in [-0.3, -0.25) is 0 Å². The molecule has 0 fully saturated rings. The average molecular weight is 579 g/mol. The molecule has 3 heterocycles. The fourth-order valence-electron chi connectivity index (χ4n) is 5.56. The van der Waals surface area contributed by atoms with Crippen LogP contribution in [0.25, 0.3) is 22.3 Å². The summed E-state index contributed by atoms with van der Waals surface area (Å²) < 4.78 is 12.5. The van der Waals surface area contributed by atoms with E-state index in [9.17, 15) is 0 Å². The van der Waals surface area contributed by atoms with E-state index >= 15 is 0 Å². The Kier molecular flexibility index (Phi) is 5.33. The Morgan fingerprint density at radius 1 is 0.357 bits per heavy atom. The summed E-state index contributed by atoms with van der Waals surface area (Å²) in [4.78, 5) is 4.68. The van der Waals surface area contributed by atoms with E-state index in [2.05, 4.69) is 89.5 Å². The largest absolute Gasteiger partial charge is 0.455 e. The van der Waals surface area contributed by atoms with Crippen molar-refractivity contribution in [2.45, 2.75) is 19.6 Å². The van der Waals surface area contributed by atoms with Crippen molar-refractivity contribution in [1.82, 2.24) is 0 Å². The fraction of sp³-hybridized carbons (Fsp3) is 0. The molecule has 0 radical (unpaired) electrons. The maximum Gasteiger partial charge on any atom is 0.151 e. The molecule has 0 atom stereocenters. The minimum absolute atomic E-state index is 0.834. The number of nitrogens with one attached hydrogen (secondary N) is 2. The van der Waals surface area contributed by atoms with Gasteiger partial charge < -0.3 is 20.1 Å². The summed E-state index contributed by atoms with van der Waals surface area (Å²) in [6.07, 6.45) is 0. The van der Waals surface area contributed by atoms with Crippen LogP contribution in [-0.2, 0) is 0 Å². The van der Waals surface area contributed by atoms with Crippen molar-refractivity contribution in [3.63, 3.8) is 0 Å². The third-order valence-corrected chi connectivity index (χ3v) is 9.94. The number of fused-ring (bicyclic) bond motifs is 6. The van der Waals surface area contributed by atoms with Crippen molar-refractivity contribution in [3.8, 4) is 45.3 Å². The molecule has 2 N–H and O–H groups in total. The quantitative estimate of drug-likeness (QED) is 0.213. The van der Waals surface area contributed by atoms with Gasteiger partial charge in [0.05, 0.1) is 32.5 Å². The molecule has 0 bridgehead atoms. The first-order valence-corrected chi connectivity index (χ1v) is 15.4. The molecule has 6 heteroatoms.